The van der Waals surface area contributed by atoms with Crippen LogP contribution in [0.2, 0.25) is 0 Å². The van der Waals surface area contributed by atoms with E-state index in [0.29, 0.717) is 19.4 Å². The maximum absolute atomic E-state index is 11.3. The van der Waals surface area contributed by atoms with Crippen LogP contribution in [0.3, 0.4) is 0 Å². The van der Waals surface area contributed by atoms with Gasteiger partial charge in [-0.05, 0) is 50.6 Å². The predicted molar refractivity (Wildman–Crippen MR) is 106 cm³/mol. The Morgan fingerprint density at radius 3 is 2.38 bits per heavy atom. The minimum absolute atomic E-state index is 0.0306. The summed E-state index contributed by atoms with van der Waals surface area (Å²) in [5.74, 6) is -0.0406. The zero-order valence-corrected chi connectivity index (χ0v) is 16.5. The van der Waals surface area contributed by atoms with E-state index in [-0.39, 0.29) is 12.0 Å². The second-order valence-electron chi connectivity index (χ2n) is 6.54. The smallest absolute Gasteiger partial charge is 0.306 e. The van der Waals surface area contributed by atoms with Crippen LogP contribution in [0, 0.1) is 5.92 Å². The zero-order valence-electron chi connectivity index (χ0n) is 14.9. The van der Waals surface area contributed by atoms with Gasteiger partial charge >= 0.3 is 5.97 Å². The molecule has 0 saturated carbocycles. The molecule has 1 fully saturated rings. The van der Waals surface area contributed by atoms with Gasteiger partial charge in [-0.25, -0.2) is 0 Å². The highest BCUT2D eigenvalue weighted by atomic mass is 79.9. The number of hydrogen-bond donors (Lipinski definition) is 1. The molecule has 26 heavy (non-hydrogen) atoms. The second-order valence-corrected chi connectivity index (χ2v) is 7.40. The summed E-state index contributed by atoms with van der Waals surface area (Å²) in [6, 6.07) is 16.4. The SMILES string of the molecule is CCOc1ccccc1C(c1ccccc1Br)N1CCC(C(=O)O)CC1. The molecule has 138 valence electrons. The van der Waals surface area contributed by atoms with E-state index in [1.807, 2.05) is 37.3 Å². The van der Waals surface area contributed by atoms with Crippen LogP contribution in [0.15, 0.2) is 53.0 Å². The first kappa shape index (κ1) is 18.9. The summed E-state index contributed by atoms with van der Waals surface area (Å²) in [7, 11) is 0. The van der Waals surface area contributed by atoms with Gasteiger partial charge in [0.25, 0.3) is 0 Å². The van der Waals surface area contributed by atoms with Crippen molar-refractivity contribution < 1.29 is 14.6 Å². The van der Waals surface area contributed by atoms with Gasteiger partial charge in [0.05, 0.1) is 18.6 Å². The number of carboxylic acid groups (broad SMARTS) is 1. The first-order valence-corrected chi connectivity index (χ1v) is 9.84. The number of piperidine rings is 1. The Bertz CT molecular complexity index is 756. The number of hydrogen-bond acceptors (Lipinski definition) is 3. The molecular formula is C21H24BrNO3. The van der Waals surface area contributed by atoms with E-state index in [0.717, 1.165) is 28.9 Å². The Balaban J connectivity index is 1.99. The van der Waals surface area contributed by atoms with Crippen molar-refractivity contribution in [2.75, 3.05) is 19.7 Å². The van der Waals surface area contributed by atoms with Gasteiger partial charge in [-0.15, -0.1) is 0 Å². The lowest BCUT2D eigenvalue weighted by atomic mass is 9.91. The van der Waals surface area contributed by atoms with Crippen molar-refractivity contribution in [2.24, 2.45) is 5.92 Å². The van der Waals surface area contributed by atoms with Crippen molar-refractivity contribution in [2.45, 2.75) is 25.8 Å². The summed E-state index contributed by atoms with van der Waals surface area (Å²) in [4.78, 5) is 13.7. The Morgan fingerprint density at radius 1 is 1.15 bits per heavy atom. The molecule has 2 aromatic rings. The number of ether oxygens (including phenoxy) is 1. The molecule has 1 aliphatic rings. The molecule has 0 spiro atoms. The molecule has 1 saturated heterocycles. The van der Waals surface area contributed by atoms with Gasteiger partial charge in [0.2, 0.25) is 0 Å². The van der Waals surface area contributed by atoms with Crippen molar-refractivity contribution in [3.8, 4) is 5.75 Å². The molecule has 0 bridgehead atoms. The minimum atomic E-state index is -0.684. The number of benzene rings is 2. The molecule has 0 radical (unpaired) electrons. The zero-order chi connectivity index (χ0) is 18.5. The van der Waals surface area contributed by atoms with E-state index >= 15 is 0 Å². The van der Waals surface area contributed by atoms with Crippen molar-refractivity contribution in [3.63, 3.8) is 0 Å². The number of carboxylic acids is 1. The largest absolute Gasteiger partial charge is 0.494 e. The quantitative estimate of drug-likeness (QED) is 0.737. The number of likely N-dealkylation sites (tertiary alicyclic amines) is 1. The summed E-state index contributed by atoms with van der Waals surface area (Å²) in [6.45, 7) is 4.11. The highest BCUT2D eigenvalue weighted by molar-refractivity contribution is 9.10. The Hall–Kier alpha value is -1.85. The number of carbonyl (C=O) groups is 1. The molecule has 0 aliphatic carbocycles. The van der Waals surface area contributed by atoms with Crippen molar-refractivity contribution >= 4 is 21.9 Å². The van der Waals surface area contributed by atoms with Gasteiger partial charge in [-0.3, -0.25) is 9.69 Å². The predicted octanol–water partition coefficient (Wildman–Crippen LogP) is 4.73. The molecule has 0 amide bonds. The van der Waals surface area contributed by atoms with Crippen molar-refractivity contribution in [1.82, 2.24) is 4.90 Å². The molecule has 1 N–H and O–H groups in total. The highest BCUT2D eigenvalue weighted by Gasteiger charge is 2.32. The van der Waals surface area contributed by atoms with Crippen LogP contribution in [-0.2, 0) is 4.79 Å². The van der Waals surface area contributed by atoms with Gasteiger partial charge in [-0.1, -0.05) is 52.3 Å². The molecule has 0 aromatic heterocycles. The van der Waals surface area contributed by atoms with E-state index in [1.165, 1.54) is 5.56 Å². The first-order valence-electron chi connectivity index (χ1n) is 9.04. The Labute approximate surface area is 162 Å². The minimum Gasteiger partial charge on any atom is -0.494 e. The van der Waals surface area contributed by atoms with Gasteiger partial charge in [0.1, 0.15) is 5.75 Å². The third-order valence-electron chi connectivity index (χ3n) is 4.96. The van der Waals surface area contributed by atoms with Crippen LogP contribution in [-0.4, -0.2) is 35.7 Å². The topological polar surface area (TPSA) is 49.8 Å². The molecule has 3 rings (SSSR count). The summed E-state index contributed by atoms with van der Waals surface area (Å²) in [5.41, 5.74) is 2.29. The maximum Gasteiger partial charge on any atom is 0.306 e. The van der Waals surface area contributed by atoms with E-state index in [4.69, 9.17) is 4.74 Å². The van der Waals surface area contributed by atoms with E-state index < -0.39 is 5.97 Å². The molecule has 1 unspecified atom stereocenters. The summed E-state index contributed by atoms with van der Waals surface area (Å²) in [6.07, 6.45) is 1.35. The summed E-state index contributed by atoms with van der Waals surface area (Å²) < 4.78 is 6.95. The molecular weight excluding hydrogens is 394 g/mol. The second kappa shape index (κ2) is 8.69. The van der Waals surface area contributed by atoms with Gasteiger partial charge in [0.15, 0.2) is 0 Å². The fourth-order valence-corrected chi connectivity index (χ4v) is 4.16. The van der Waals surface area contributed by atoms with Crippen LogP contribution in [0.25, 0.3) is 0 Å². The number of aliphatic carboxylic acids is 1. The maximum atomic E-state index is 11.3. The lowest BCUT2D eigenvalue weighted by molar-refractivity contribution is -0.143. The van der Waals surface area contributed by atoms with Gasteiger partial charge < -0.3 is 9.84 Å². The van der Waals surface area contributed by atoms with Crippen LogP contribution >= 0.6 is 15.9 Å². The molecule has 2 aromatic carbocycles. The molecule has 4 nitrogen and oxygen atoms in total. The average Bonchev–Trinajstić information content (AvgIpc) is 2.65. The first-order chi connectivity index (χ1) is 12.6. The normalized spacial score (nSPS) is 17.0. The highest BCUT2D eigenvalue weighted by Crippen LogP contribution is 2.39. The number of rotatable bonds is 6. The monoisotopic (exact) mass is 417 g/mol. The van der Waals surface area contributed by atoms with Crippen LogP contribution in [0.4, 0.5) is 0 Å². The Morgan fingerprint density at radius 2 is 1.77 bits per heavy atom. The van der Waals surface area contributed by atoms with Crippen LogP contribution in [0.5, 0.6) is 5.75 Å². The molecule has 5 heteroatoms. The van der Waals surface area contributed by atoms with E-state index in [2.05, 4.69) is 39.0 Å². The lowest BCUT2D eigenvalue weighted by Gasteiger charge is -2.38. The number of halogens is 1. The standard InChI is InChI=1S/C21H24BrNO3/c1-2-26-19-10-6-4-8-17(19)20(16-7-3-5-9-18(16)22)23-13-11-15(12-14-23)21(24)25/h3-10,15,20H,2,11-14H2,1H3,(H,24,25). The fraction of sp³-hybridized carbons (Fsp3) is 0.381. The molecule has 1 heterocycles. The third-order valence-corrected chi connectivity index (χ3v) is 5.68. The van der Waals surface area contributed by atoms with E-state index in [9.17, 15) is 9.90 Å². The third kappa shape index (κ3) is 4.10. The lowest BCUT2D eigenvalue weighted by Crippen LogP contribution is -2.39. The van der Waals surface area contributed by atoms with E-state index in [1.54, 1.807) is 0 Å². The van der Waals surface area contributed by atoms with Crippen molar-refractivity contribution in [1.29, 1.82) is 0 Å². The van der Waals surface area contributed by atoms with Gasteiger partial charge in [0, 0.05) is 10.0 Å². The molecule has 1 aliphatic heterocycles. The van der Waals surface area contributed by atoms with Gasteiger partial charge in [-0.2, -0.15) is 0 Å². The fourth-order valence-electron chi connectivity index (χ4n) is 3.66. The van der Waals surface area contributed by atoms with Crippen LogP contribution in [0.1, 0.15) is 36.9 Å². The van der Waals surface area contributed by atoms with Crippen molar-refractivity contribution in [3.05, 3.63) is 64.1 Å². The number of nitrogens with zero attached hydrogens (tertiary/aromatic N) is 1. The Kier molecular flexibility index (Phi) is 6.33. The average molecular weight is 418 g/mol. The number of para-hydroxylation sites is 1. The van der Waals surface area contributed by atoms with Crippen LogP contribution < -0.4 is 4.74 Å². The summed E-state index contributed by atoms with van der Waals surface area (Å²) >= 11 is 3.70. The summed E-state index contributed by atoms with van der Waals surface area (Å²) in [5, 5.41) is 9.31. The molecule has 1 atom stereocenters.